The number of rotatable bonds is 3. The predicted octanol–water partition coefficient (Wildman–Crippen LogP) is 3.86. The predicted molar refractivity (Wildman–Crippen MR) is 72.7 cm³/mol. The molecule has 1 heterocycles. The summed E-state index contributed by atoms with van der Waals surface area (Å²) in [6, 6.07) is 9.24. The Morgan fingerprint density at radius 3 is 2.67 bits per heavy atom. The van der Waals surface area contributed by atoms with Crippen LogP contribution in [0.4, 0.5) is 0 Å². The maximum Gasteiger partial charge on any atom is 0.351 e. The first-order valence-electron chi connectivity index (χ1n) is 5.17. The molecule has 0 amide bonds. The van der Waals surface area contributed by atoms with Gasteiger partial charge in [-0.2, -0.15) is 0 Å². The first-order valence-corrected chi connectivity index (χ1v) is 6.37. The highest BCUT2D eigenvalue weighted by atomic mass is 35.5. The van der Waals surface area contributed by atoms with Crippen LogP contribution in [0.2, 0.25) is 5.02 Å². The van der Waals surface area contributed by atoms with Crippen molar-refractivity contribution in [2.75, 3.05) is 14.2 Å². The van der Waals surface area contributed by atoms with Gasteiger partial charge in [-0.25, -0.2) is 4.79 Å². The van der Waals surface area contributed by atoms with Gasteiger partial charge in [0, 0.05) is 9.90 Å². The standard InChI is InChI=1S/C13H11ClO3S/c1-16-10-7-11(18-12(10)13(15)17-2)8-4-3-5-9(14)6-8/h3-7H,1-2H3. The molecule has 0 atom stereocenters. The van der Waals surface area contributed by atoms with Gasteiger partial charge in [-0.05, 0) is 23.8 Å². The Morgan fingerprint density at radius 2 is 2.06 bits per heavy atom. The molecule has 1 aromatic carbocycles. The zero-order valence-corrected chi connectivity index (χ0v) is 11.5. The topological polar surface area (TPSA) is 35.5 Å². The Kier molecular flexibility index (Phi) is 3.89. The van der Waals surface area contributed by atoms with E-state index in [9.17, 15) is 4.79 Å². The molecule has 0 aliphatic heterocycles. The smallest absolute Gasteiger partial charge is 0.351 e. The quantitative estimate of drug-likeness (QED) is 0.802. The maximum absolute atomic E-state index is 11.6. The molecule has 0 spiro atoms. The summed E-state index contributed by atoms with van der Waals surface area (Å²) >= 11 is 7.27. The number of ether oxygens (including phenoxy) is 2. The highest BCUT2D eigenvalue weighted by Crippen LogP contribution is 2.37. The van der Waals surface area contributed by atoms with Crippen LogP contribution >= 0.6 is 22.9 Å². The third kappa shape index (κ3) is 2.49. The van der Waals surface area contributed by atoms with Gasteiger partial charge in [0.1, 0.15) is 5.75 Å². The molecule has 2 aromatic rings. The van der Waals surface area contributed by atoms with Gasteiger partial charge in [0.05, 0.1) is 14.2 Å². The van der Waals surface area contributed by atoms with Gasteiger partial charge in [0.2, 0.25) is 0 Å². The van der Waals surface area contributed by atoms with E-state index in [2.05, 4.69) is 0 Å². The van der Waals surface area contributed by atoms with Crippen LogP contribution in [0.15, 0.2) is 30.3 Å². The van der Waals surface area contributed by atoms with E-state index in [1.807, 2.05) is 24.3 Å². The molecule has 0 radical (unpaired) electrons. The molecule has 0 aliphatic carbocycles. The average Bonchev–Trinajstić information content (AvgIpc) is 2.82. The molecule has 0 bridgehead atoms. The summed E-state index contributed by atoms with van der Waals surface area (Å²) in [7, 11) is 2.87. The molecule has 0 aliphatic rings. The molecular weight excluding hydrogens is 272 g/mol. The fourth-order valence-corrected chi connectivity index (χ4v) is 2.78. The number of hydrogen-bond donors (Lipinski definition) is 0. The van der Waals surface area contributed by atoms with Crippen molar-refractivity contribution in [1.29, 1.82) is 0 Å². The van der Waals surface area contributed by atoms with Gasteiger partial charge in [-0.1, -0.05) is 23.7 Å². The van der Waals surface area contributed by atoms with Crippen molar-refractivity contribution in [1.82, 2.24) is 0 Å². The number of methoxy groups -OCH3 is 2. The molecule has 0 saturated carbocycles. The van der Waals surface area contributed by atoms with E-state index in [0.717, 1.165) is 10.4 Å². The minimum absolute atomic E-state index is 0.398. The Bertz CT molecular complexity index is 577. The second kappa shape index (κ2) is 5.42. The van der Waals surface area contributed by atoms with Crippen LogP contribution in [0.1, 0.15) is 9.67 Å². The molecule has 0 N–H and O–H groups in total. The molecule has 2 rings (SSSR count). The van der Waals surface area contributed by atoms with Crippen molar-refractivity contribution >= 4 is 28.9 Å². The van der Waals surface area contributed by atoms with Crippen molar-refractivity contribution in [3.05, 3.63) is 40.2 Å². The lowest BCUT2D eigenvalue weighted by molar-refractivity contribution is 0.0603. The summed E-state index contributed by atoms with van der Waals surface area (Å²) in [6.45, 7) is 0. The SMILES string of the molecule is COC(=O)c1sc(-c2cccc(Cl)c2)cc1OC. The van der Waals surface area contributed by atoms with E-state index >= 15 is 0 Å². The maximum atomic E-state index is 11.6. The first-order chi connectivity index (χ1) is 8.65. The van der Waals surface area contributed by atoms with Crippen LogP contribution < -0.4 is 4.74 Å². The second-order valence-corrected chi connectivity index (χ2v) is 5.00. The third-order valence-electron chi connectivity index (χ3n) is 2.40. The van der Waals surface area contributed by atoms with Crippen molar-refractivity contribution in [2.24, 2.45) is 0 Å². The molecule has 0 fully saturated rings. The van der Waals surface area contributed by atoms with Crippen molar-refractivity contribution in [2.45, 2.75) is 0 Å². The summed E-state index contributed by atoms with van der Waals surface area (Å²) < 4.78 is 9.89. The van der Waals surface area contributed by atoms with Crippen LogP contribution in [0, 0.1) is 0 Å². The first kappa shape index (κ1) is 12.9. The molecule has 0 unspecified atom stereocenters. The van der Waals surface area contributed by atoms with Gasteiger partial charge in [0.25, 0.3) is 0 Å². The van der Waals surface area contributed by atoms with Crippen LogP contribution in [-0.2, 0) is 4.74 Å². The highest BCUT2D eigenvalue weighted by molar-refractivity contribution is 7.17. The molecular formula is C13H11ClO3S. The van der Waals surface area contributed by atoms with E-state index in [1.54, 1.807) is 6.07 Å². The number of thiophene rings is 1. The molecule has 1 aromatic heterocycles. The zero-order valence-electron chi connectivity index (χ0n) is 9.90. The Morgan fingerprint density at radius 1 is 1.28 bits per heavy atom. The minimum atomic E-state index is -0.398. The van der Waals surface area contributed by atoms with E-state index in [0.29, 0.717) is 15.6 Å². The monoisotopic (exact) mass is 282 g/mol. The van der Waals surface area contributed by atoms with E-state index in [4.69, 9.17) is 21.1 Å². The van der Waals surface area contributed by atoms with Crippen molar-refractivity contribution in [3.8, 4) is 16.2 Å². The van der Waals surface area contributed by atoms with Crippen LogP contribution in [0.25, 0.3) is 10.4 Å². The summed E-state index contributed by atoms with van der Waals surface area (Å²) in [5, 5.41) is 0.652. The number of halogens is 1. The lowest BCUT2D eigenvalue weighted by Crippen LogP contribution is -1.99. The van der Waals surface area contributed by atoms with Crippen molar-refractivity contribution in [3.63, 3.8) is 0 Å². The fraction of sp³-hybridized carbons (Fsp3) is 0.154. The lowest BCUT2D eigenvalue weighted by Gasteiger charge is -1.98. The Labute approximate surface area is 114 Å². The van der Waals surface area contributed by atoms with Crippen LogP contribution in [-0.4, -0.2) is 20.2 Å². The molecule has 18 heavy (non-hydrogen) atoms. The Hall–Kier alpha value is -1.52. The number of esters is 1. The van der Waals surface area contributed by atoms with E-state index in [-0.39, 0.29) is 0 Å². The van der Waals surface area contributed by atoms with Crippen molar-refractivity contribution < 1.29 is 14.3 Å². The third-order valence-corrected chi connectivity index (χ3v) is 3.78. The van der Waals surface area contributed by atoms with E-state index in [1.165, 1.54) is 25.6 Å². The summed E-state index contributed by atoms with van der Waals surface area (Å²) in [5.41, 5.74) is 0.945. The summed E-state index contributed by atoms with van der Waals surface area (Å²) in [6.07, 6.45) is 0. The minimum Gasteiger partial charge on any atom is -0.495 e. The molecule has 5 heteroatoms. The van der Waals surface area contributed by atoms with Crippen LogP contribution in [0.3, 0.4) is 0 Å². The van der Waals surface area contributed by atoms with Crippen LogP contribution in [0.5, 0.6) is 5.75 Å². The lowest BCUT2D eigenvalue weighted by atomic mass is 10.2. The Balaban J connectivity index is 2.47. The van der Waals surface area contributed by atoms with Gasteiger partial charge in [0.15, 0.2) is 4.88 Å². The average molecular weight is 283 g/mol. The number of carbonyl (C=O) groups excluding carboxylic acids is 1. The molecule has 94 valence electrons. The summed E-state index contributed by atoms with van der Waals surface area (Å²) in [4.78, 5) is 13.0. The number of hydrogen-bond acceptors (Lipinski definition) is 4. The van der Waals surface area contributed by atoms with Gasteiger partial charge < -0.3 is 9.47 Å². The molecule has 3 nitrogen and oxygen atoms in total. The second-order valence-electron chi connectivity index (χ2n) is 3.51. The van der Waals surface area contributed by atoms with Gasteiger partial charge in [-0.15, -0.1) is 11.3 Å². The largest absolute Gasteiger partial charge is 0.495 e. The number of carbonyl (C=O) groups is 1. The highest BCUT2D eigenvalue weighted by Gasteiger charge is 2.18. The molecule has 0 saturated heterocycles. The van der Waals surface area contributed by atoms with Gasteiger partial charge in [-0.3, -0.25) is 0 Å². The zero-order chi connectivity index (χ0) is 13.1. The van der Waals surface area contributed by atoms with Gasteiger partial charge >= 0.3 is 5.97 Å². The normalized spacial score (nSPS) is 10.2. The number of benzene rings is 1. The fourth-order valence-electron chi connectivity index (χ4n) is 1.54. The summed E-state index contributed by atoms with van der Waals surface area (Å²) in [5.74, 6) is 0.118. The van der Waals surface area contributed by atoms with E-state index < -0.39 is 5.97 Å².